The maximum absolute atomic E-state index is 13.9. The molecule has 0 spiro atoms. The monoisotopic (exact) mass is 303 g/mol. The van der Waals surface area contributed by atoms with Gasteiger partial charge in [-0.25, -0.2) is 9.37 Å². The summed E-state index contributed by atoms with van der Waals surface area (Å²) < 4.78 is 15.9. The van der Waals surface area contributed by atoms with Crippen LogP contribution in [0.15, 0.2) is 42.7 Å². The quantitative estimate of drug-likeness (QED) is 0.674. The van der Waals surface area contributed by atoms with Crippen molar-refractivity contribution in [2.75, 3.05) is 5.88 Å². The highest BCUT2D eigenvalue weighted by atomic mass is 35.5. The van der Waals surface area contributed by atoms with E-state index in [1.54, 1.807) is 18.5 Å². The second-order valence-corrected chi connectivity index (χ2v) is 5.21. The fraction of sp³-hybridized carbons (Fsp3) is 0.250. The minimum atomic E-state index is -0.286. The lowest BCUT2D eigenvalue weighted by molar-refractivity contribution is 0.637. The number of hydrogen-bond donors (Lipinski definition) is 0. The molecule has 0 aliphatic rings. The van der Waals surface area contributed by atoms with E-state index in [1.165, 1.54) is 11.6 Å². The van der Waals surface area contributed by atoms with Gasteiger partial charge in [0.1, 0.15) is 11.3 Å². The van der Waals surface area contributed by atoms with Crippen molar-refractivity contribution < 1.29 is 4.39 Å². The molecule has 0 unspecified atom stereocenters. The van der Waals surface area contributed by atoms with Gasteiger partial charge >= 0.3 is 0 Å². The fourth-order valence-corrected chi connectivity index (χ4v) is 2.65. The second kappa shape index (κ2) is 6.22. The van der Waals surface area contributed by atoms with Crippen LogP contribution in [-0.4, -0.2) is 20.4 Å². The summed E-state index contributed by atoms with van der Waals surface area (Å²) in [6.07, 6.45) is 5.03. The first-order chi connectivity index (χ1) is 10.3. The van der Waals surface area contributed by atoms with Crippen LogP contribution >= 0.6 is 11.6 Å². The first kappa shape index (κ1) is 14.0. The van der Waals surface area contributed by atoms with Crippen LogP contribution in [0.25, 0.3) is 11.0 Å². The van der Waals surface area contributed by atoms with Crippen LogP contribution < -0.4 is 0 Å². The van der Waals surface area contributed by atoms with E-state index in [9.17, 15) is 4.39 Å². The molecule has 0 N–H and O–H groups in total. The molecule has 0 aliphatic carbocycles. The molecule has 3 rings (SSSR count). The number of hydrogen-bond acceptors (Lipinski definition) is 2. The Bertz CT molecular complexity index is 740. The number of para-hydroxylation sites is 1. The van der Waals surface area contributed by atoms with Gasteiger partial charge in [-0.3, -0.25) is 4.98 Å². The van der Waals surface area contributed by atoms with Gasteiger partial charge < -0.3 is 4.57 Å². The van der Waals surface area contributed by atoms with E-state index in [2.05, 4.69) is 14.5 Å². The Kier molecular flexibility index (Phi) is 4.15. The molecule has 0 saturated heterocycles. The van der Waals surface area contributed by atoms with E-state index in [4.69, 9.17) is 11.6 Å². The minimum Gasteiger partial charge on any atom is -0.328 e. The molecule has 2 heterocycles. The third-order valence-electron chi connectivity index (χ3n) is 3.50. The summed E-state index contributed by atoms with van der Waals surface area (Å²) in [5, 5.41) is 0. The fourth-order valence-electron chi connectivity index (χ4n) is 2.48. The summed E-state index contributed by atoms with van der Waals surface area (Å²) in [6.45, 7) is 0.746. The van der Waals surface area contributed by atoms with Crippen molar-refractivity contribution in [3.63, 3.8) is 0 Å². The number of alkyl halides is 1. The van der Waals surface area contributed by atoms with Crippen LogP contribution in [0.2, 0.25) is 0 Å². The molecule has 0 radical (unpaired) electrons. The largest absolute Gasteiger partial charge is 0.328 e. The molecule has 0 saturated carbocycles. The van der Waals surface area contributed by atoms with Gasteiger partial charge in [0, 0.05) is 31.2 Å². The van der Waals surface area contributed by atoms with E-state index in [-0.39, 0.29) is 5.82 Å². The number of aryl methyl sites for hydroxylation is 3. The molecule has 0 amide bonds. The molecule has 3 aromatic rings. The topological polar surface area (TPSA) is 30.7 Å². The van der Waals surface area contributed by atoms with Crippen molar-refractivity contribution in [1.82, 2.24) is 14.5 Å². The van der Waals surface area contributed by atoms with Gasteiger partial charge in [0.15, 0.2) is 5.82 Å². The van der Waals surface area contributed by atoms with Crippen LogP contribution in [0.4, 0.5) is 4.39 Å². The summed E-state index contributed by atoms with van der Waals surface area (Å²) in [5.41, 5.74) is 2.44. The van der Waals surface area contributed by atoms with Gasteiger partial charge in [-0.05, 0) is 36.2 Å². The van der Waals surface area contributed by atoms with Crippen molar-refractivity contribution in [3.05, 3.63) is 59.9 Å². The Labute approximate surface area is 127 Å². The Hall–Kier alpha value is -1.94. The summed E-state index contributed by atoms with van der Waals surface area (Å²) in [6, 6.07) is 9.03. The highest BCUT2D eigenvalue weighted by Gasteiger charge is 2.13. The number of rotatable bonds is 5. The molecule has 0 aliphatic heterocycles. The number of benzene rings is 1. The lowest BCUT2D eigenvalue weighted by Gasteiger charge is -2.08. The Morgan fingerprint density at radius 3 is 2.67 bits per heavy atom. The van der Waals surface area contributed by atoms with Crippen LogP contribution in [0.3, 0.4) is 0 Å². The number of nitrogens with zero attached hydrogens (tertiary/aromatic N) is 3. The van der Waals surface area contributed by atoms with Gasteiger partial charge in [-0.15, -0.1) is 11.6 Å². The highest BCUT2D eigenvalue weighted by molar-refractivity contribution is 6.17. The van der Waals surface area contributed by atoms with Crippen LogP contribution in [-0.2, 0) is 19.4 Å². The maximum Gasteiger partial charge on any atom is 0.151 e. The van der Waals surface area contributed by atoms with Crippen molar-refractivity contribution in [3.8, 4) is 0 Å². The summed E-state index contributed by atoms with van der Waals surface area (Å²) >= 11 is 5.84. The molecule has 3 nitrogen and oxygen atoms in total. The van der Waals surface area contributed by atoms with E-state index >= 15 is 0 Å². The molecule has 0 atom stereocenters. The number of aromatic nitrogens is 3. The van der Waals surface area contributed by atoms with Gasteiger partial charge in [0.05, 0.1) is 5.52 Å². The van der Waals surface area contributed by atoms with Crippen LogP contribution in [0.5, 0.6) is 0 Å². The van der Waals surface area contributed by atoms with E-state index in [0.717, 1.165) is 24.3 Å². The predicted molar refractivity (Wildman–Crippen MR) is 82.1 cm³/mol. The minimum absolute atomic E-state index is 0.286. The lowest BCUT2D eigenvalue weighted by atomic mass is 10.2. The smallest absolute Gasteiger partial charge is 0.151 e. The molecule has 5 heteroatoms. The molecular weight excluding hydrogens is 289 g/mol. The van der Waals surface area contributed by atoms with Gasteiger partial charge in [0.25, 0.3) is 0 Å². The maximum atomic E-state index is 13.9. The Morgan fingerprint density at radius 1 is 1.10 bits per heavy atom. The predicted octanol–water partition coefficient (Wildman–Crippen LogP) is 3.59. The third-order valence-corrected chi connectivity index (χ3v) is 3.69. The molecule has 21 heavy (non-hydrogen) atoms. The average Bonchev–Trinajstić information content (AvgIpc) is 2.86. The zero-order chi connectivity index (χ0) is 14.7. The number of pyridine rings is 1. The van der Waals surface area contributed by atoms with Crippen LogP contribution in [0.1, 0.15) is 11.4 Å². The third kappa shape index (κ3) is 2.90. The van der Waals surface area contributed by atoms with E-state index in [0.29, 0.717) is 17.8 Å². The SMILES string of the molecule is Fc1cccc2c1nc(CCCl)n2CCc1ccncc1. The molecule has 108 valence electrons. The summed E-state index contributed by atoms with van der Waals surface area (Å²) in [4.78, 5) is 8.42. The molecule has 2 aromatic heterocycles. The number of halogens is 2. The first-order valence-corrected chi connectivity index (χ1v) is 7.41. The summed E-state index contributed by atoms with van der Waals surface area (Å²) in [7, 11) is 0. The van der Waals surface area contributed by atoms with Gasteiger partial charge in [-0.1, -0.05) is 6.07 Å². The first-order valence-electron chi connectivity index (χ1n) is 6.88. The zero-order valence-corrected chi connectivity index (χ0v) is 12.2. The van der Waals surface area contributed by atoms with Gasteiger partial charge in [-0.2, -0.15) is 0 Å². The normalized spacial score (nSPS) is 11.1. The Morgan fingerprint density at radius 2 is 1.90 bits per heavy atom. The molecular formula is C16H15ClFN3. The van der Waals surface area contributed by atoms with Crippen LogP contribution in [0, 0.1) is 5.82 Å². The Balaban J connectivity index is 1.95. The average molecular weight is 304 g/mol. The van der Waals surface area contributed by atoms with E-state index < -0.39 is 0 Å². The molecule has 0 fully saturated rings. The number of imidazole rings is 1. The molecule has 0 bridgehead atoms. The number of fused-ring (bicyclic) bond motifs is 1. The molecule has 1 aromatic carbocycles. The zero-order valence-electron chi connectivity index (χ0n) is 11.5. The lowest BCUT2D eigenvalue weighted by Crippen LogP contribution is -2.07. The van der Waals surface area contributed by atoms with E-state index in [1.807, 2.05) is 18.2 Å². The van der Waals surface area contributed by atoms with Crippen molar-refractivity contribution in [2.45, 2.75) is 19.4 Å². The van der Waals surface area contributed by atoms with Crippen molar-refractivity contribution in [1.29, 1.82) is 0 Å². The highest BCUT2D eigenvalue weighted by Crippen LogP contribution is 2.20. The second-order valence-electron chi connectivity index (χ2n) is 4.83. The van der Waals surface area contributed by atoms with Crippen molar-refractivity contribution >= 4 is 22.6 Å². The standard InChI is InChI=1S/C16H15ClFN3/c17-8-4-15-20-16-13(18)2-1-3-14(16)21(15)11-7-12-5-9-19-10-6-12/h1-3,5-6,9-10H,4,7-8,11H2. The van der Waals surface area contributed by atoms with Gasteiger partial charge in [0.2, 0.25) is 0 Å². The van der Waals surface area contributed by atoms with Crippen molar-refractivity contribution in [2.24, 2.45) is 0 Å². The summed E-state index contributed by atoms with van der Waals surface area (Å²) in [5.74, 6) is 1.02.